The zero-order valence-corrected chi connectivity index (χ0v) is 40.7. The van der Waals surface area contributed by atoms with Crippen molar-refractivity contribution in [2.75, 3.05) is 6.61 Å². The molecule has 5 aliphatic carbocycles. The van der Waals surface area contributed by atoms with Crippen LogP contribution in [0.15, 0.2) is 17.8 Å². The molecule has 0 bridgehead atoms. The number of aliphatic hydroxyl groups excluding tert-OH is 1. The second-order valence-electron chi connectivity index (χ2n) is 21.9. The number of aliphatic hydroxyl groups is 1. The molecule has 4 saturated carbocycles. The summed E-state index contributed by atoms with van der Waals surface area (Å²) in [7, 11) is 0. The zero-order valence-electron chi connectivity index (χ0n) is 40.7. The molecule has 17 nitrogen and oxygen atoms in total. The first-order valence-corrected chi connectivity index (χ1v) is 23.9. The lowest BCUT2D eigenvalue weighted by Crippen LogP contribution is -2.66. The van der Waals surface area contributed by atoms with Gasteiger partial charge in [0.1, 0.15) is 31.6 Å². The second kappa shape index (κ2) is 18.3. The van der Waals surface area contributed by atoms with Gasteiger partial charge in [0.2, 0.25) is 5.91 Å². The number of nitrogens with one attached hydrogen (secondary N) is 1. The van der Waals surface area contributed by atoms with E-state index in [-0.39, 0.29) is 58.7 Å². The molecule has 1 aliphatic heterocycles. The Balaban J connectivity index is 1.06. The summed E-state index contributed by atoms with van der Waals surface area (Å²) in [6.07, 6.45) is 5.13. The van der Waals surface area contributed by atoms with Crippen LogP contribution < -0.4 is 5.32 Å². The van der Waals surface area contributed by atoms with Crippen molar-refractivity contribution in [1.82, 2.24) is 20.3 Å². The highest BCUT2D eigenvalue weighted by molar-refractivity contribution is 5.79. The molecule has 0 spiro atoms. The van der Waals surface area contributed by atoms with Gasteiger partial charge in [0.25, 0.3) is 0 Å². The molecule has 5 fully saturated rings. The molecule has 0 radical (unpaired) electrons. The fourth-order valence-electron chi connectivity index (χ4n) is 14.3. The number of rotatable bonds is 11. The smallest absolute Gasteiger partial charge is 0.313 e. The molecule has 6 aliphatic rings. The number of fused-ring (bicyclic) bond motifs is 7. The number of hydrogen-bond donors (Lipinski definition) is 2. The fourth-order valence-corrected chi connectivity index (χ4v) is 14.3. The van der Waals surface area contributed by atoms with E-state index in [0.717, 1.165) is 85.5 Å². The molecule has 7 rings (SSSR count). The second-order valence-corrected chi connectivity index (χ2v) is 21.9. The first kappa shape index (κ1) is 49.5. The Bertz CT molecular complexity index is 2100. The number of allylic oxidation sites excluding steroid dienone is 2. The summed E-state index contributed by atoms with van der Waals surface area (Å²) in [5.74, 6) is -2.27. The molecule has 2 N–H and O–H groups in total. The van der Waals surface area contributed by atoms with Crippen LogP contribution in [-0.2, 0) is 70.3 Å². The number of esters is 5. The van der Waals surface area contributed by atoms with Crippen LogP contribution >= 0.6 is 0 Å². The lowest BCUT2D eigenvalue weighted by molar-refractivity contribution is -0.257. The number of amides is 1. The highest BCUT2D eigenvalue weighted by Gasteiger charge is 2.69. The lowest BCUT2D eigenvalue weighted by atomic mass is 9.33. The number of nitrogens with zero attached hydrogens (tertiary/aromatic N) is 3. The molecular formula is C49H72N4O13. The van der Waals surface area contributed by atoms with Gasteiger partial charge in [0.15, 0.2) is 24.5 Å². The topological polar surface area (TPSA) is 221 Å². The summed E-state index contributed by atoms with van der Waals surface area (Å²) in [6.45, 7) is 20.2. The van der Waals surface area contributed by atoms with Crippen LogP contribution in [0.3, 0.4) is 0 Å². The molecule has 1 aromatic rings. The Kier molecular flexibility index (Phi) is 13.7. The minimum Gasteiger partial charge on any atom is -0.463 e. The van der Waals surface area contributed by atoms with Crippen molar-refractivity contribution < 1.29 is 62.3 Å². The average molecular weight is 925 g/mol. The van der Waals surface area contributed by atoms with E-state index >= 15 is 0 Å². The average Bonchev–Trinajstić information content (AvgIpc) is 3.67. The Morgan fingerprint density at radius 1 is 0.803 bits per heavy atom. The minimum absolute atomic E-state index is 0.0379. The minimum atomic E-state index is -1.48. The van der Waals surface area contributed by atoms with Crippen LogP contribution in [0.25, 0.3) is 0 Å². The largest absolute Gasteiger partial charge is 0.463 e. The van der Waals surface area contributed by atoms with Crippen LogP contribution in [-0.4, -0.2) is 99.2 Å². The maximum atomic E-state index is 14.7. The number of carbonyl (C=O) groups excluding carboxylic acids is 6. The SMILES string of the molecule is CC(=O)OC[C@H]1O[C@@H](NC(=O)Cn2cc(COC(=O)[C@]34CC[C@@H](C)[C@H](C)[C@H]3C3=CC[C@@H]5[C@@]6(C)CC[C@H](O)C(C)(C)[C@@H]6CC[C@@]5(C)[C@]3(C)CC4)nn2)[C@H](OC(C)=O)[C@@H](OC(C)=O)[C@@H]1OC(C)=O. The van der Waals surface area contributed by atoms with Crippen molar-refractivity contribution in [2.24, 2.45) is 56.7 Å². The van der Waals surface area contributed by atoms with Crippen molar-refractivity contribution in [3.63, 3.8) is 0 Å². The highest BCUT2D eigenvalue weighted by atomic mass is 16.7. The first-order valence-electron chi connectivity index (χ1n) is 23.9. The van der Waals surface area contributed by atoms with E-state index in [1.165, 1.54) is 16.5 Å². The maximum absolute atomic E-state index is 14.7. The lowest BCUT2D eigenvalue weighted by Gasteiger charge is -2.71. The van der Waals surface area contributed by atoms with Crippen LogP contribution in [0.2, 0.25) is 0 Å². The van der Waals surface area contributed by atoms with E-state index in [4.69, 9.17) is 28.4 Å². The van der Waals surface area contributed by atoms with E-state index < -0.39 is 72.5 Å². The first-order chi connectivity index (χ1) is 30.9. The maximum Gasteiger partial charge on any atom is 0.313 e. The van der Waals surface area contributed by atoms with Crippen LogP contribution in [0.5, 0.6) is 0 Å². The van der Waals surface area contributed by atoms with E-state index in [1.807, 2.05) is 0 Å². The van der Waals surface area contributed by atoms with Gasteiger partial charge in [-0.1, -0.05) is 65.3 Å². The summed E-state index contributed by atoms with van der Waals surface area (Å²) in [4.78, 5) is 76.6. The molecule has 66 heavy (non-hydrogen) atoms. The summed E-state index contributed by atoms with van der Waals surface area (Å²) in [5, 5.41) is 22.1. The van der Waals surface area contributed by atoms with Gasteiger partial charge in [0.05, 0.1) is 17.7 Å². The van der Waals surface area contributed by atoms with Gasteiger partial charge in [0, 0.05) is 27.7 Å². The van der Waals surface area contributed by atoms with Crippen molar-refractivity contribution in [3.8, 4) is 0 Å². The number of hydrogen-bond acceptors (Lipinski definition) is 15. The van der Waals surface area contributed by atoms with E-state index in [1.54, 1.807) is 0 Å². The van der Waals surface area contributed by atoms with Crippen molar-refractivity contribution in [3.05, 3.63) is 23.5 Å². The third-order valence-electron chi connectivity index (χ3n) is 17.9. The van der Waals surface area contributed by atoms with Crippen molar-refractivity contribution >= 4 is 35.8 Å². The number of carbonyl (C=O) groups is 6. The third kappa shape index (κ3) is 8.68. The Labute approximate surface area is 388 Å². The van der Waals surface area contributed by atoms with Gasteiger partial charge in [-0.3, -0.25) is 28.8 Å². The monoisotopic (exact) mass is 925 g/mol. The summed E-state index contributed by atoms with van der Waals surface area (Å²) < 4.78 is 34.9. The molecule has 2 heterocycles. The van der Waals surface area contributed by atoms with Crippen molar-refractivity contribution in [2.45, 2.75) is 184 Å². The van der Waals surface area contributed by atoms with Crippen LogP contribution in [0.4, 0.5) is 0 Å². The van der Waals surface area contributed by atoms with Gasteiger partial charge in [-0.25, -0.2) is 4.68 Å². The quantitative estimate of drug-likeness (QED) is 0.158. The number of ether oxygens (including phenoxy) is 6. The molecule has 1 saturated heterocycles. The summed E-state index contributed by atoms with van der Waals surface area (Å²) in [6, 6.07) is 0. The molecule has 15 atom stereocenters. The van der Waals surface area contributed by atoms with Crippen LogP contribution in [0.1, 0.15) is 140 Å². The summed E-state index contributed by atoms with van der Waals surface area (Å²) >= 11 is 0. The Hall–Kier alpha value is -4.38. The fraction of sp³-hybridized carbons (Fsp3) is 0.796. The van der Waals surface area contributed by atoms with Gasteiger partial charge in [-0.15, -0.1) is 5.10 Å². The Morgan fingerprint density at radius 3 is 2.14 bits per heavy atom. The molecule has 366 valence electrons. The van der Waals surface area contributed by atoms with Gasteiger partial charge < -0.3 is 38.8 Å². The van der Waals surface area contributed by atoms with E-state index in [9.17, 15) is 33.9 Å². The molecule has 0 unspecified atom stereocenters. The Morgan fingerprint density at radius 2 is 1.47 bits per heavy atom. The van der Waals surface area contributed by atoms with E-state index in [2.05, 4.69) is 70.2 Å². The normalized spacial score (nSPS) is 40.1. The molecule has 0 aromatic carbocycles. The number of aromatic nitrogens is 3. The van der Waals surface area contributed by atoms with Crippen LogP contribution in [0, 0.1) is 56.7 Å². The molecular weight excluding hydrogens is 853 g/mol. The van der Waals surface area contributed by atoms with Gasteiger partial charge in [-0.2, -0.15) is 0 Å². The zero-order chi connectivity index (χ0) is 48.3. The highest BCUT2D eigenvalue weighted by Crippen LogP contribution is 2.76. The standard InChI is InChI=1S/C49H72N4O13/c1-26-14-19-49(21-20-47(10)33(39(49)27(26)2)12-13-36-46(9)17-16-37(58)45(7,8)35(46)15-18-48(36,47)11)44(60)62-24-32-22-53(52-51-32)23-38(59)50-43-42(65-31(6)57)41(64-30(5)56)40(63-29(4)55)34(66-43)25-61-28(3)54/h12,22,26-27,34-37,39-43,58H,13-21,23-25H2,1-11H3,(H,50,59)/t26-,27+,34-,35+,36-,37+,39+,40-,41+,42-,43-,46+,47-,48-,49+/m1/s1. The predicted molar refractivity (Wildman–Crippen MR) is 235 cm³/mol. The molecule has 17 heteroatoms. The molecule has 1 aromatic heterocycles. The van der Waals surface area contributed by atoms with Gasteiger partial charge in [-0.05, 0) is 109 Å². The van der Waals surface area contributed by atoms with Crippen molar-refractivity contribution in [1.29, 1.82) is 0 Å². The predicted octanol–water partition coefficient (Wildman–Crippen LogP) is 5.54. The van der Waals surface area contributed by atoms with E-state index in [0.29, 0.717) is 23.4 Å². The molecule has 1 amide bonds. The summed E-state index contributed by atoms with van der Waals surface area (Å²) in [5.41, 5.74) is 1.05. The third-order valence-corrected chi connectivity index (χ3v) is 17.9. The van der Waals surface area contributed by atoms with Gasteiger partial charge >= 0.3 is 29.8 Å².